The molecule has 0 unspecified atom stereocenters. The van der Waals surface area contributed by atoms with Crippen LogP contribution >= 0.6 is 0 Å². The van der Waals surface area contributed by atoms with E-state index in [1.54, 1.807) is 12.7 Å². The van der Waals surface area contributed by atoms with Crippen LogP contribution in [0.3, 0.4) is 0 Å². The van der Waals surface area contributed by atoms with E-state index < -0.39 is 0 Å². The molecule has 4 rings (SSSR count). The van der Waals surface area contributed by atoms with Crippen LogP contribution in [0.25, 0.3) is 0 Å². The van der Waals surface area contributed by atoms with Gasteiger partial charge in [0.1, 0.15) is 12.4 Å². The molecule has 0 aromatic heterocycles. The van der Waals surface area contributed by atoms with Crippen LogP contribution in [0, 0.1) is 17.3 Å². The average Bonchev–Trinajstić information content (AvgIpc) is 3.09. The van der Waals surface area contributed by atoms with Crippen LogP contribution in [0.1, 0.15) is 69.9 Å². The molecule has 3 aliphatic rings. The Bertz CT molecular complexity index is 742. The number of hydrogen-bond donors (Lipinski definition) is 0. The van der Waals surface area contributed by atoms with Crippen molar-refractivity contribution in [2.75, 3.05) is 33.4 Å². The van der Waals surface area contributed by atoms with Gasteiger partial charge in [-0.25, -0.2) is 0 Å². The lowest BCUT2D eigenvalue weighted by Crippen LogP contribution is -2.42. The molecule has 4 atom stereocenters. The predicted octanol–water partition coefficient (Wildman–Crippen LogP) is 5.27. The number of benzene rings is 1. The molecule has 160 valence electrons. The molecule has 1 aromatic rings. The summed E-state index contributed by atoms with van der Waals surface area (Å²) in [7, 11) is 1.77. The molecule has 2 saturated carbocycles. The van der Waals surface area contributed by atoms with Gasteiger partial charge in [0.15, 0.2) is 0 Å². The standard InChI is InChI=1S/C25H38N2O2/c1-5-27(6-2)15-16-29-26-24-12-11-23-22-9-7-18-17-19(28-4)8-10-20(18)21(22)13-14-25(23,24)3/h8,10,17,21-23H,5-7,9,11-16H2,1-4H3/b26-24+/t21-,22-,23+,25+/m1/s1. The minimum absolute atomic E-state index is 0.236. The second-order valence-corrected chi connectivity index (χ2v) is 9.37. The Hall–Kier alpha value is -1.55. The first kappa shape index (κ1) is 20.7. The number of aryl methyl sites for hydroxylation is 1. The van der Waals surface area contributed by atoms with Crippen molar-refractivity contribution < 1.29 is 9.57 Å². The highest BCUT2D eigenvalue weighted by Gasteiger charge is 2.53. The third kappa shape index (κ3) is 3.81. The molecule has 4 heteroatoms. The van der Waals surface area contributed by atoms with E-state index in [-0.39, 0.29) is 5.41 Å². The van der Waals surface area contributed by atoms with Crippen molar-refractivity contribution in [3.05, 3.63) is 29.3 Å². The monoisotopic (exact) mass is 398 g/mol. The van der Waals surface area contributed by atoms with E-state index in [4.69, 9.17) is 14.7 Å². The van der Waals surface area contributed by atoms with E-state index in [1.807, 2.05) is 0 Å². The van der Waals surface area contributed by atoms with Gasteiger partial charge in [0.25, 0.3) is 0 Å². The normalized spacial score (nSPS) is 32.0. The first-order valence-corrected chi connectivity index (χ1v) is 11.7. The van der Waals surface area contributed by atoms with E-state index in [1.165, 1.54) is 43.4 Å². The SMILES string of the molecule is CCN(CC)CCO/N=C1\CC[C@H]2[C@@H]3CCc4cc(OC)ccc4[C@H]3CC[C@]12C. The summed E-state index contributed by atoms with van der Waals surface area (Å²) in [6.07, 6.45) is 7.40. The first-order valence-electron chi connectivity index (χ1n) is 11.7. The zero-order valence-electron chi connectivity index (χ0n) is 18.7. The zero-order valence-corrected chi connectivity index (χ0v) is 18.7. The molecule has 0 N–H and O–H groups in total. The third-order valence-electron chi connectivity index (χ3n) is 8.24. The van der Waals surface area contributed by atoms with E-state index >= 15 is 0 Å². The molecular formula is C25H38N2O2. The predicted molar refractivity (Wildman–Crippen MR) is 119 cm³/mol. The van der Waals surface area contributed by atoms with Gasteiger partial charge in [-0.3, -0.25) is 0 Å². The smallest absolute Gasteiger partial charge is 0.129 e. The fourth-order valence-corrected chi connectivity index (χ4v) is 6.46. The van der Waals surface area contributed by atoms with Crippen molar-refractivity contribution in [2.45, 2.75) is 65.2 Å². The Labute approximate surface area is 176 Å². The molecule has 0 heterocycles. The topological polar surface area (TPSA) is 34.1 Å². The summed E-state index contributed by atoms with van der Waals surface area (Å²) < 4.78 is 5.46. The molecule has 2 fully saturated rings. The van der Waals surface area contributed by atoms with Crippen molar-refractivity contribution in [3.63, 3.8) is 0 Å². The van der Waals surface area contributed by atoms with Gasteiger partial charge >= 0.3 is 0 Å². The van der Waals surface area contributed by atoms with Crippen molar-refractivity contribution >= 4 is 5.71 Å². The summed E-state index contributed by atoms with van der Waals surface area (Å²) in [5.74, 6) is 3.25. The Morgan fingerprint density at radius 3 is 2.72 bits per heavy atom. The van der Waals surface area contributed by atoms with Crippen LogP contribution in [0.4, 0.5) is 0 Å². The van der Waals surface area contributed by atoms with E-state index in [9.17, 15) is 0 Å². The van der Waals surface area contributed by atoms with Crippen LogP contribution in [0.5, 0.6) is 5.75 Å². The van der Waals surface area contributed by atoms with Gasteiger partial charge in [0.05, 0.1) is 12.8 Å². The first-order chi connectivity index (χ1) is 14.1. The highest BCUT2D eigenvalue weighted by Crippen LogP contribution is 2.60. The molecule has 0 aliphatic heterocycles. The Balaban J connectivity index is 1.45. The molecule has 4 nitrogen and oxygen atoms in total. The largest absolute Gasteiger partial charge is 0.497 e. The number of likely N-dealkylation sites (N-methyl/N-ethyl adjacent to an activating group) is 1. The number of nitrogens with zero attached hydrogens (tertiary/aromatic N) is 2. The van der Waals surface area contributed by atoms with Crippen LogP contribution in [-0.4, -0.2) is 44.0 Å². The lowest BCUT2D eigenvalue weighted by Gasteiger charge is -2.49. The van der Waals surface area contributed by atoms with Gasteiger partial charge in [0.2, 0.25) is 0 Å². The van der Waals surface area contributed by atoms with E-state index in [0.717, 1.165) is 43.6 Å². The summed E-state index contributed by atoms with van der Waals surface area (Å²) in [5.41, 5.74) is 4.67. The molecule has 3 aliphatic carbocycles. The van der Waals surface area contributed by atoms with Gasteiger partial charge in [-0.05, 0) is 92.6 Å². The minimum Gasteiger partial charge on any atom is -0.497 e. The Kier molecular flexibility index (Phi) is 6.19. The van der Waals surface area contributed by atoms with Gasteiger partial charge in [0, 0.05) is 12.0 Å². The zero-order chi connectivity index (χ0) is 20.4. The second-order valence-electron chi connectivity index (χ2n) is 9.37. The van der Waals surface area contributed by atoms with Crippen molar-refractivity contribution in [2.24, 2.45) is 22.4 Å². The fourth-order valence-electron chi connectivity index (χ4n) is 6.46. The fraction of sp³-hybridized carbons (Fsp3) is 0.720. The van der Waals surface area contributed by atoms with Gasteiger partial charge in [-0.2, -0.15) is 0 Å². The summed E-state index contributed by atoms with van der Waals surface area (Å²) >= 11 is 0. The number of oxime groups is 1. The molecule has 0 amide bonds. The number of fused-ring (bicyclic) bond motifs is 5. The van der Waals surface area contributed by atoms with E-state index in [0.29, 0.717) is 12.5 Å². The second kappa shape index (κ2) is 8.67. The Morgan fingerprint density at radius 1 is 1.14 bits per heavy atom. The summed E-state index contributed by atoms with van der Waals surface area (Å²) in [4.78, 5) is 8.20. The number of rotatable bonds is 7. The maximum atomic E-state index is 5.82. The average molecular weight is 399 g/mol. The maximum Gasteiger partial charge on any atom is 0.129 e. The lowest BCUT2D eigenvalue weighted by molar-refractivity contribution is 0.0850. The quantitative estimate of drug-likeness (QED) is 0.464. The third-order valence-corrected chi connectivity index (χ3v) is 8.24. The highest BCUT2D eigenvalue weighted by atomic mass is 16.6. The van der Waals surface area contributed by atoms with Crippen molar-refractivity contribution in [1.29, 1.82) is 0 Å². The molecule has 29 heavy (non-hydrogen) atoms. The molecule has 0 bridgehead atoms. The minimum atomic E-state index is 0.236. The summed E-state index contributed by atoms with van der Waals surface area (Å²) in [5, 5.41) is 4.70. The maximum absolute atomic E-state index is 5.82. The number of hydrogen-bond acceptors (Lipinski definition) is 4. The highest BCUT2D eigenvalue weighted by molar-refractivity contribution is 5.92. The van der Waals surface area contributed by atoms with Crippen molar-refractivity contribution in [3.8, 4) is 5.75 Å². The number of ether oxygens (including phenoxy) is 1. The van der Waals surface area contributed by atoms with Crippen LogP contribution in [0.15, 0.2) is 23.4 Å². The molecular weight excluding hydrogens is 360 g/mol. The van der Waals surface area contributed by atoms with Crippen LogP contribution < -0.4 is 4.74 Å². The van der Waals surface area contributed by atoms with Crippen LogP contribution in [0.2, 0.25) is 0 Å². The van der Waals surface area contributed by atoms with Crippen molar-refractivity contribution in [1.82, 2.24) is 4.90 Å². The van der Waals surface area contributed by atoms with Gasteiger partial charge in [-0.15, -0.1) is 0 Å². The van der Waals surface area contributed by atoms with E-state index in [2.05, 4.69) is 43.9 Å². The van der Waals surface area contributed by atoms with Gasteiger partial charge in [-0.1, -0.05) is 32.0 Å². The molecule has 0 radical (unpaired) electrons. The Morgan fingerprint density at radius 2 is 1.97 bits per heavy atom. The molecule has 0 spiro atoms. The van der Waals surface area contributed by atoms with Crippen LogP contribution in [-0.2, 0) is 11.3 Å². The summed E-state index contributed by atoms with van der Waals surface area (Å²) in [6, 6.07) is 6.76. The molecule has 1 aromatic carbocycles. The lowest BCUT2D eigenvalue weighted by atomic mass is 9.55. The summed E-state index contributed by atoms with van der Waals surface area (Å²) in [6.45, 7) is 10.7. The molecule has 0 saturated heterocycles. The number of methoxy groups -OCH3 is 1. The van der Waals surface area contributed by atoms with Gasteiger partial charge < -0.3 is 14.5 Å².